The zero-order valence-electron chi connectivity index (χ0n) is 20.0. The molecule has 0 unspecified atom stereocenters. The monoisotopic (exact) mass is 476 g/mol. The molecule has 1 aromatic heterocycles. The Kier molecular flexibility index (Phi) is 6.38. The van der Waals surface area contributed by atoms with E-state index in [9.17, 15) is 14.0 Å². The van der Waals surface area contributed by atoms with Crippen LogP contribution >= 0.6 is 0 Å². The summed E-state index contributed by atoms with van der Waals surface area (Å²) in [5.41, 5.74) is 5.02. The number of nitrogens with zero attached hydrogens (tertiary/aromatic N) is 3. The topological polar surface area (TPSA) is 76.5 Å². The molecule has 0 bridgehead atoms. The van der Waals surface area contributed by atoms with Gasteiger partial charge >= 0.3 is 0 Å². The molecule has 0 saturated carbocycles. The van der Waals surface area contributed by atoms with Gasteiger partial charge in [-0.25, -0.2) is 9.37 Å². The van der Waals surface area contributed by atoms with E-state index in [1.807, 2.05) is 36.6 Å². The van der Waals surface area contributed by atoms with Gasteiger partial charge in [0.1, 0.15) is 11.9 Å². The molecule has 2 amide bonds. The maximum atomic E-state index is 13.2. The number of aryl methyl sites for hydroxylation is 2. The number of aromatic nitrogens is 2. The van der Waals surface area contributed by atoms with Gasteiger partial charge < -0.3 is 19.5 Å². The molecular weight excluding hydrogens is 447 g/mol. The average molecular weight is 477 g/mol. The lowest BCUT2D eigenvalue weighted by atomic mass is 9.95. The summed E-state index contributed by atoms with van der Waals surface area (Å²) >= 11 is 0. The Bertz CT molecular complexity index is 1250. The number of imidazole rings is 1. The summed E-state index contributed by atoms with van der Waals surface area (Å²) in [5.74, 6) is -0.539. The number of halogens is 1. The Morgan fingerprint density at radius 1 is 1.09 bits per heavy atom. The summed E-state index contributed by atoms with van der Waals surface area (Å²) in [6, 6.07) is 12.3. The van der Waals surface area contributed by atoms with Crippen LogP contribution in [0.1, 0.15) is 51.8 Å². The number of ether oxygens (including phenoxy) is 1. The Balaban J connectivity index is 1.19. The molecule has 8 heteroatoms. The summed E-state index contributed by atoms with van der Waals surface area (Å²) in [5, 5.41) is 3.06. The zero-order valence-corrected chi connectivity index (χ0v) is 20.0. The van der Waals surface area contributed by atoms with Gasteiger partial charge in [-0.1, -0.05) is 24.3 Å². The predicted molar refractivity (Wildman–Crippen MR) is 129 cm³/mol. The molecule has 2 aliphatic heterocycles. The van der Waals surface area contributed by atoms with Crippen LogP contribution in [0.4, 0.5) is 10.1 Å². The lowest BCUT2D eigenvalue weighted by Gasteiger charge is -2.31. The second-order valence-corrected chi connectivity index (χ2v) is 9.42. The maximum absolute atomic E-state index is 13.2. The Hall–Kier alpha value is -3.52. The first-order valence-corrected chi connectivity index (χ1v) is 12.0. The summed E-state index contributed by atoms with van der Waals surface area (Å²) in [7, 11) is 0. The first-order chi connectivity index (χ1) is 16.9. The van der Waals surface area contributed by atoms with Gasteiger partial charge in [0.2, 0.25) is 5.91 Å². The molecule has 1 atom stereocenters. The van der Waals surface area contributed by atoms with E-state index in [1.54, 1.807) is 23.4 Å². The van der Waals surface area contributed by atoms with Gasteiger partial charge in [-0.15, -0.1) is 0 Å². The third-order valence-corrected chi connectivity index (χ3v) is 6.98. The highest BCUT2D eigenvalue weighted by Gasteiger charge is 2.32. The summed E-state index contributed by atoms with van der Waals surface area (Å²) in [6.45, 7) is 5.78. The fourth-order valence-corrected chi connectivity index (χ4v) is 4.78. The van der Waals surface area contributed by atoms with Gasteiger partial charge in [0, 0.05) is 24.7 Å². The van der Waals surface area contributed by atoms with Gasteiger partial charge in [0.15, 0.2) is 5.69 Å². The van der Waals surface area contributed by atoms with E-state index >= 15 is 0 Å². The van der Waals surface area contributed by atoms with E-state index in [0.29, 0.717) is 38.2 Å². The fourth-order valence-electron chi connectivity index (χ4n) is 4.78. The summed E-state index contributed by atoms with van der Waals surface area (Å²) in [6.07, 6.45) is 2.68. The highest BCUT2D eigenvalue weighted by molar-refractivity contribution is 5.95. The molecule has 0 radical (unpaired) electrons. The first-order valence-electron chi connectivity index (χ1n) is 12.0. The lowest BCUT2D eigenvalue weighted by molar-refractivity contribution is -0.121. The number of likely N-dealkylation sites (tertiary alicyclic amines) is 1. The van der Waals surface area contributed by atoms with E-state index in [1.165, 1.54) is 12.1 Å². The molecule has 1 N–H and O–H groups in total. The second kappa shape index (κ2) is 9.62. The molecule has 35 heavy (non-hydrogen) atoms. The third-order valence-electron chi connectivity index (χ3n) is 6.98. The van der Waals surface area contributed by atoms with Crippen molar-refractivity contribution in [3.05, 3.63) is 82.7 Å². The van der Waals surface area contributed by atoms with Crippen molar-refractivity contribution in [2.75, 3.05) is 18.4 Å². The number of hydrogen-bond acceptors (Lipinski definition) is 4. The average Bonchev–Trinajstić information content (AvgIpc) is 3.29. The molecule has 0 spiro atoms. The number of carbonyl (C=O) groups is 2. The summed E-state index contributed by atoms with van der Waals surface area (Å²) in [4.78, 5) is 32.2. The molecule has 3 heterocycles. The minimum absolute atomic E-state index is 0.00500. The van der Waals surface area contributed by atoms with Crippen molar-refractivity contribution in [2.45, 2.75) is 45.9 Å². The summed E-state index contributed by atoms with van der Waals surface area (Å²) < 4.78 is 21.2. The van der Waals surface area contributed by atoms with E-state index in [2.05, 4.69) is 10.3 Å². The minimum Gasteiger partial charge on any atom is -0.365 e. The van der Waals surface area contributed by atoms with Crippen molar-refractivity contribution < 1.29 is 18.7 Å². The minimum atomic E-state index is -0.285. The van der Waals surface area contributed by atoms with E-state index in [0.717, 1.165) is 28.1 Å². The van der Waals surface area contributed by atoms with Gasteiger partial charge in [-0.3, -0.25) is 9.59 Å². The second-order valence-electron chi connectivity index (χ2n) is 9.42. The maximum Gasteiger partial charge on any atom is 0.274 e. The normalized spacial score (nSPS) is 18.3. The third kappa shape index (κ3) is 4.84. The highest BCUT2D eigenvalue weighted by Crippen LogP contribution is 2.29. The van der Waals surface area contributed by atoms with Crippen LogP contribution in [0.25, 0.3) is 0 Å². The van der Waals surface area contributed by atoms with Crippen LogP contribution in [0.3, 0.4) is 0 Å². The van der Waals surface area contributed by atoms with Gasteiger partial charge in [-0.2, -0.15) is 0 Å². The molecule has 2 aromatic carbocycles. The molecule has 182 valence electrons. The van der Waals surface area contributed by atoms with Crippen LogP contribution in [0.2, 0.25) is 0 Å². The van der Waals surface area contributed by atoms with Crippen molar-refractivity contribution in [1.82, 2.24) is 14.5 Å². The van der Waals surface area contributed by atoms with Crippen molar-refractivity contribution in [3.63, 3.8) is 0 Å². The van der Waals surface area contributed by atoms with E-state index < -0.39 is 0 Å². The zero-order chi connectivity index (χ0) is 24.5. The van der Waals surface area contributed by atoms with Crippen LogP contribution in [0.5, 0.6) is 0 Å². The Morgan fingerprint density at radius 3 is 2.57 bits per heavy atom. The molecular formula is C27H29FN4O3. The van der Waals surface area contributed by atoms with E-state index in [-0.39, 0.29) is 36.3 Å². The number of rotatable bonds is 4. The highest BCUT2D eigenvalue weighted by atomic mass is 19.1. The number of fused-ring (bicyclic) bond motifs is 1. The SMILES string of the molecule is Cc1ccc(C)c(NC(=O)C2CCN(C(=O)c3ncn4c3CO[C@@H](c3ccc(F)cc3)C4)CC2)c1. The lowest BCUT2D eigenvalue weighted by Crippen LogP contribution is -2.42. The van der Waals surface area contributed by atoms with Gasteiger partial charge in [0.25, 0.3) is 5.91 Å². The molecule has 5 rings (SSSR count). The number of benzene rings is 2. The van der Waals surface area contributed by atoms with Crippen molar-refractivity contribution in [2.24, 2.45) is 5.92 Å². The Morgan fingerprint density at radius 2 is 1.83 bits per heavy atom. The quantitative estimate of drug-likeness (QED) is 0.606. The largest absolute Gasteiger partial charge is 0.365 e. The van der Waals surface area contributed by atoms with Crippen molar-refractivity contribution >= 4 is 17.5 Å². The first kappa shape index (κ1) is 23.2. The molecule has 1 fully saturated rings. The van der Waals surface area contributed by atoms with Gasteiger partial charge in [0.05, 0.1) is 25.2 Å². The van der Waals surface area contributed by atoms with Crippen LogP contribution in [0.15, 0.2) is 48.8 Å². The van der Waals surface area contributed by atoms with Crippen molar-refractivity contribution in [1.29, 1.82) is 0 Å². The van der Waals surface area contributed by atoms with Crippen LogP contribution in [-0.2, 0) is 22.7 Å². The number of hydrogen-bond donors (Lipinski definition) is 1. The molecule has 3 aromatic rings. The number of piperidine rings is 1. The molecule has 1 saturated heterocycles. The van der Waals surface area contributed by atoms with Crippen molar-refractivity contribution in [3.8, 4) is 0 Å². The number of amides is 2. The van der Waals surface area contributed by atoms with Crippen LogP contribution < -0.4 is 5.32 Å². The smallest absolute Gasteiger partial charge is 0.274 e. The number of carbonyl (C=O) groups excluding carboxylic acids is 2. The predicted octanol–water partition coefficient (Wildman–Crippen LogP) is 4.40. The Labute approximate surface area is 203 Å². The molecule has 0 aliphatic carbocycles. The van der Waals surface area contributed by atoms with Crippen LogP contribution in [0, 0.1) is 25.6 Å². The van der Waals surface area contributed by atoms with Crippen LogP contribution in [-0.4, -0.2) is 39.4 Å². The molecule has 2 aliphatic rings. The fraction of sp³-hybridized carbons (Fsp3) is 0.370. The number of anilines is 1. The number of nitrogens with one attached hydrogen (secondary N) is 1. The molecule has 7 nitrogen and oxygen atoms in total. The van der Waals surface area contributed by atoms with E-state index in [4.69, 9.17) is 4.74 Å². The standard InChI is InChI=1S/C27H29FN4O3/c1-17-3-4-18(2)22(13-17)30-26(33)20-9-11-31(12-10-20)27(34)25-23-15-35-24(14-32(23)16-29-25)19-5-7-21(28)8-6-19/h3-8,13,16,20,24H,9-12,14-15H2,1-2H3,(H,30,33)/t24-/m1/s1. The van der Waals surface area contributed by atoms with Gasteiger partial charge in [-0.05, 0) is 61.6 Å².